The molecule has 0 aliphatic rings. The largest absolute Gasteiger partial charge is 0.357 e. The van der Waals surface area contributed by atoms with Crippen molar-refractivity contribution < 1.29 is 4.79 Å². The molecule has 1 aromatic carbocycles. The lowest BCUT2D eigenvalue weighted by Gasteiger charge is -2.25. The van der Waals surface area contributed by atoms with Crippen LogP contribution in [0, 0.1) is 0 Å². The first-order valence-corrected chi connectivity index (χ1v) is 9.89. The number of guanidine groups is 1. The van der Waals surface area contributed by atoms with E-state index in [4.69, 9.17) is 0 Å². The smallest absolute Gasteiger partial charge is 0.242 e. The number of benzene rings is 1. The zero-order valence-corrected chi connectivity index (χ0v) is 17.4. The van der Waals surface area contributed by atoms with Crippen molar-refractivity contribution in [2.45, 2.75) is 33.9 Å². The first-order chi connectivity index (χ1) is 13.6. The van der Waals surface area contributed by atoms with Gasteiger partial charge in [0.2, 0.25) is 5.91 Å². The van der Waals surface area contributed by atoms with Crippen LogP contribution in [0.1, 0.15) is 31.9 Å². The van der Waals surface area contributed by atoms with Gasteiger partial charge in [-0.1, -0.05) is 30.3 Å². The summed E-state index contributed by atoms with van der Waals surface area (Å²) in [6.07, 6.45) is 3.86. The average molecular weight is 385 g/mol. The number of aromatic nitrogens is 2. The van der Waals surface area contributed by atoms with Crippen LogP contribution in [0.4, 0.5) is 0 Å². The highest BCUT2D eigenvalue weighted by atomic mass is 16.2. The standard InChI is InChI=1S/C21H32N6O/c1-5-22-21(25(4)17-20(28)26(6-2)7-3)23-13-19-14-24-27(16-19)15-18-11-9-8-10-12-18/h8-12,14,16H,5-7,13,15,17H2,1-4H3,(H,22,23). The molecule has 2 aromatic rings. The number of rotatable bonds is 9. The van der Waals surface area contributed by atoms with E-state index >= 15 is 0 Å². The fourth-order valence-electron chi connectivity index (χ4n) is 2.93. The van der Waals surface area contributed by atoms with E-state index in [0.29, 0.717) is 13.1 Å². The fourth-order valence-corrected chi connectivity index (χ4v) is 2.93. The van der Waals surface area contributed by atoms with E-state index in [1.165, 1.54) is 5.56 Å². The summed E-state index contributed by atoms with van der Waals surface area (Å²) in [5, 5.41) is 7.68. The fraction of sp³-hybridized carbons (Fsp3) is 0.476. The summed E-state index contributed by atoms with van der Waals surface area (Å²) >= 11 is 0. The van der Waals surface area contributed by atoms with E-state index < -0.39 is 0 Å². The summed E-state index contributed by atoms with van der Waals surface area (Å²) in [6, 6.07) is 10.2. The van der Waals surface area contributed by atoms with E-state index in [9.17, 15) is 4.79 Å². The maximum Gasteiger partial charge on any atom is 0.242 e. The quantitative estimate of drug-likeness (QED) is 0.532. The molecule has 0 atom stereocenters. The number of likely N-dealkylation sites (N-methyl/N-ethyl adjacent to an activating group) is 2. The minimum atomic E-state index is 0.105. The van der Waals surface area contributed by atoms with Crippen LogP contribution in [0.15, 0.2) is 47.7 Å². The molecule has 7 heteroatoms. The van der Waals surface area contributed by atoms with Gasteiger partial charge in [0.1, 0.15) is 0 Å². The number of amides is 1. The van der Waals surface area contributed by atoms with Crippen LogP contribution in [0.5, 0.6) is 0 Å². The lowest BCUT2D eigenvalue weighted by atomic mass is 10.2. The average Bonchev–Trinajstić information content (AvgIpc) is 3.14. The van der Waals surface area contributed by atoms with Crippen molar-refractivity contribution in [2.24, 2.45) is 4.99 Å². The van der Waals surface area contributed by atoms with Gasteiger partial charge in [0, 0.05) is 38.4 Å². The Balaban J connectivity index is 1.99. The van der Waals surface area contributed by atoms with Gasteiger partial charge in [0.25, 0.3) is 0 Å². The van der Waals surface area contributed by atoms with Gasteiger partial charge in [-0.15, -0.1) is 0 Å². The third kappa shape index (κ3) is 6.40. The Hall–Kier alpha value is -2.83. The monoisotopic (exact) mass is 384 g/mol. The van der Waals surface area contributed by atoms with Gasteiger partial charge in [-0.05, 0) is 26.3 Å². The van der Waals surface area contributed by atoms with Gasteiger partial charge in [-0.2, -0.15) is 5.10 Å². The van der Waals surface area contributed by atoms with Crippen molar-refractivity contribution in [3.8, 4) is 0 Å². The van der Waals surface area contributed by atoms with Crippen LogP contribution in [0.3, 0.4) is 0 Å². The van der Waals surface area contributed by atoms with Crippen LogP contribution in [0.2, 0.25) is 0 Å². The molecule has 0 saturated heterocycles. The van der Waals surface area contributed by atoms with Crippen LogP contribution in [-0.4, -0.2) is 64.7 Å². The number of carbonyl (C=O) groups is 1. The molecule has 1 N–H and O–H groups in total. The molecule has 0 spiro atoms. The van der Waals surface area contributed by atoms with Crippen molar-refractivity contribution in [3.63, 3.8) is 0 Å². The number of nitrogens with zero attached hydrogens (tertiary/aromatic N) is 5. The molecule has 0 bridgehead atoms. The maximum absolute atomic E-state index is 12.4. The van der Waals surface area contributed by atoms with Crippen molar-refractivity contribution in [1.82, 2.24) is 24.9 Å². The zero-order chi connectivity index (χ0) is 20.4. The molecule has 0 saturated carbocycles. The molecule has 1 amide bonds. The van der Waals surface area contributed by atoms with E-state index in [-0.39, 0.29) is 5.91 Å². The molecule has 28 heavy (non-hydrogen) atoms. The molecule has 0 radical (unpaired) electrons. The molecule has 0 aliphatic heterocycles. The summed E-state index contributed by atoms with van der Waals surface area (Å²) in [5.41, 5.74) is 2.25. The summed E-state index contributed by atoms with van der Waals surface area (Å²) < 4.78 is 1.92. The number of carbonyl (C=O) groups excluding carboxylic acids is 1. The number of hydrogen-bond donors (Lipinski definition) is 1. The van der Waals surface area contributed by atoms with Crippen LogP contribution in [0.25, 0.3) is 0 Å². The highest BCUT2D eigenvalue weighted by Gasteiger charge is 2.15. The number of hydrogen-bond acceptors (Lipinski definition) is 3. The minimum absolute atomic E-state index is 0.105. The molecular weight excluding hydrogens is 352 g/mol. The van der Waals surface area contributed by atoms with Crippen LogP contribution < -0.4 is 5.32 Å². The molecule has 1 heterocycles. The highest BCUT2D eigenvalue weighted by molar-refractivity contribution is 5.86. The molecule has 0 fully saturated rings. The Morgan fingerprint density at radius 1 is 1.14 bits per heavy atom. The number of nitrogens with one attached hydrogen (secondary N) is 1. The molecule has 2 rings (SSSR count). The van der Waals surface area contributed by atoms with Gasteiger partial charge >= 0.3 is 0 Å². The van der Waals surface area contributed by atoms with E-state index in [2.05, 4.69) is 27.5 Å². The van der Waals surface area contributed by atoms with E-state index in [1.807, 2.05) is 72.9 Å². The molecule has 1 aromatic heterocycles. The van der Waals surface area contributed by atoms with Gasteiger partial charge in [0.15, 0.2) is 5.96 Å². The second-order valence-electron chi connectivity index (χ2n) is 6.62. The first kappa shape index (κ1) is 21.5. The Morgan fingerprint density at radius 2 is 1.86 bits per heavy atom. The van der Waals surface area contributed by atoms with Crippen LogP contribution >= 0.6 is 0 Å². The molecule has 0 aliphatic carbocycles. The third-order valence-electron chi connectivity index (χ3n) is 4.47. The van der Waals surface area contributed by atoms with Crippen LogP contribution in [-0.2, 0) is 17.9 Å². The highest BCUT2D eigenvalue weighted by Crippen LogP contribution is 2.05. The molecule has 0 unspecified atom stereocenters. The van der Waals surface area contributed by atoms with Gasteiger partial charge < -0.3 is 15.1 Å². The van der Waals surface area contributed by atoms with Crippen molar-refractivity contribution >= 4 is 11.9 Å². The Kier molecular flexibility index (Phi) is 8.52. The Labute approximate surface area is 168 Å². The molecule has 152 valence electrons. The lowest BCUT2D eigenvalue weighted by molar-refractivity contribution is -0.131. The van der Waals surface area contributed by atoms with Crippen molar-refractivity contribution in [2.75, 3.05) is 33.2 Å². The van der Waals surface area contributed by atoms with Gasteiger partial charge in [-0.25, -0.2) is 4.99 Å². The van der Waals surface area contributed by atoms with Gasteiger partial charge in [-0.3, -0.25) is 9.48 Å². The maximum atomic E-state index is 12.4. The first-order valence-electron chi connectivity index (χ1n) is 9.89. The topological polar surface area (TPSA) is 65.8 Å². The Morgan fingerprint density at radius 3 is 2.50 bits per heavy atom. The third-order valence-corrected chi connectivity index (χ3v) is 4.47. The predicted molar refractivity (Wildman–Crippen MR) is 113 cm³/mol. The summed E-state index contributed by atoms with van der Waals surface area (Å²) in [7, 11) is 1.89. The minimum Gasteiger partial charge on any atom is -0.357 e. The second kappa shape index (κ2) is 11.1. The normalized spacial score (nSPS) is 11.4. The van der Waals surface area contributed by atoms with E-state index in [0.717, 1.165) is 37.7 Å². The lowest BCUT2D eigenvalue weighted by Crippen LogP contribution is -2.45. The summed E-state index contributed by atoms with van der Waals surface area (Å²) in [4.78, 5) is 20.7. The summed E-state index contributed by atoms with van der Waals surface area (Å²) in [6.45, 7) is 9.75. The Bertz CT molecular complexity index is 751. The molecule has 7 nitrogen and oxygen atoms in total. The van der Waals surface area contributed by atoms with E-state index in [1.54, 1.807) is 0 Å². The number of aliphatic imine (C=N–C) groups is 1. The second-order valence-corrected chi connectivity index (χ2v) is 6.62. The van der Waals surface area contributed by atoms with Crippen molar-refractivity contribution in [3.05, 3.63) is 53.9 Å². The molecular formula is C21H32N6O. The summed E-state index contributed by atoms with van der Waals surface area (Å²) in [5.74, 6) is 0.826. The predicted octanol–water partition coefficient (Wildman–Crippen LogP) is 2.20. The zero-order valence-electron chi connectivity index (χ0n) is 17.4. The SMILES string of the molecule is CCNC(=NCc1cnn(Cc2ccccc2)c1)N(C)CC(=O)N(CC)CC. The van der Waals surface area contributed by atoms with Crippen molar-refractivity contribution in [1.29, 1.82) is 0 Å². The van der Waals surface area contributed by atoms with Gasteiger partial charge in [0.05, 0.1) is 25.8 Å².